The number of amides is 1. The van der Waals surface area contributed by atoms with E-state index in [1.165, 1.54) is 13.2 Å². The third-order valence-electron chi connectivity index (χ3n) is 3.54. The molecule has 0 aliphatic heterocycles. The molecule has 4 nitrogen and oxygen atoms in total. The van der Waals surface area contributed by atoms with Gasteiger partial charge in [-0.3, -0.25) is 4.79 Å². The molecule has 0 aliphatic carbocycles. The van der Waals surface area contributed by atoms with Gasteiger partial charge in [-0.1, -0.05) is 33.6 Å². The molecule has 2 rings (SSSR count). The molecule has 0 radical (unpaired) electrons. The van der Waals surface area contributed by atoms with Crippen molar-refractivity contribution >= 4 is 49.5 Å². The minimum absolute atomic E-state index is 0.0109. The van der Waals surface area contributed by atoms with Crippen LogP contribution in [0.1, 0.15) is 16.7 Å². The van der Waals surface area contributed by atoms with E-state index in [9.17, 15) is 10.1 Å². The molecule has 1 N–H and O–H groups in total. The second-order valence-corrected chi connectivity index (χ2v) is 7.22. The molecular weight excluding hydrogens is 448 g/mol. The molecule has 0 fully saturated rings. The third kappa shape index (κ3) is 4.71. The number of nitriles is 1. The van der Waals surface area contributed by atoms with Crippen molar-refractivity contribution in [2.45, 2.75) is 13.8 Å². The summed E-state index contributed by atoms with van der Waals surface area (Å²) in [4.78, 5) is 12.5. The highest BCUT2D eigenvalue weighted by molar-refractivity contribution is 9.11. The molecule has 0 saturated heterocycles. The van der Waals surface area contributed by atoms with Crippen molar-refractivity contribution in [3.05, 3.63) is 61.5 Å². The molecule has 2 aromatic carbocycles. The first-order chi connectivity index (χ1) is 11.8. The summed E-state index contributed by atoms with van der Waals surface area (Å²) in [6, 6.07) is 11.3. The van der Waals surface area contributed by atoms with Crippen LogP contribution in [0.5, 0.6) is 5.75 Å². The average Bonchev–Trinajstić information content (AvgIpc) is 2.54. The van der Waals surface area contributed by atoms with Crippen LogP contribution in [0.2, 0.25) is 0 Å². The molecule has 0 aromatic heterocycles. The molecule has 0 heterocycles. The van der Waals surface area contributed by atoms with Crippen LogP contribution in [0.4, 0.5) is 5.69 Å². The number of benzene rings is 2. The summed E-state index contributed by atoms with van der Waals surface area (Å²) in [6.45, 7) is 3.89. The predicted octanol–water partition coefficient (Wildman–Crippen LogP) is 5.38. The van der Waals surface area contributed by atoms with Gasteiger partial charge in [-0.15, -0.1) is 0 Å². The Balaban J connectivity index is 2.38. The van der Waals surface area contributed by atoms with Crippen LogP contribution in [-0.4, -0.2) is 13.0 Å². The summed E-state index contributed by atoms with van der Waals surface area (Å²) in [5.74, 6) is 0.0860. The van der Waals surface area contributed by atoms with Gasteiger partial charge in [-0.25, -0.2) is 0 Å². The molecule has 2 aromatic rings. The quantitative estimate of drug-likeness (QED) is 0.488. The Morgan fingerprint density at radius 1 is 1.24 bits per heavy atom. The fourth-order valence-electron chi connectivity index (χ4n) is 2.35. The molecule has 0 aliphatic rings. The van der Waals surface area contributed by atoms with Crippen molar-refractivity contribution in [2.24, 2.45) is 0 Å². The Morgan fingerprint density at radius 3 is 2.56 bits per heavy atom. The summed E-state index contributed by atoms with van der Waals surface area (Å²) >= 11 is 6.81. The van der Waals surface area contributed by atoms with E-state index in [2.05, 4.69) is 37.2 Å². The molecule has 0 atom stereocenters. The second-order valence-electron chi connectivity index (χ2n) is 5.45. The van der Waals surface area contributed by atoms with Gasteiger partial charge in [0.15, 0.2) is 0 Å². The first-order valence-electron chi connectivity index (χ1n) is 7.39. The van der Waals surface area contributed by atoms with Gasteiger partial charge in [0.25, 0.3) is 5.91 Å². The maximum Gasteiger partial charge on any atom is 0.266 e. The molecule has 6 heteroatoms. The summed E-state index contributed by atoms with van der Waals surface area (Å²) < 4.78 is 6.88. The smallest absolute Gasteiger partial charge is 0.266 e. The number of hydrogen-bond donors (Lipinski definition) is 1. The van der Waals surface area contributed by atoms with Crippen LogP contribution in [-0.2, 0) is 4.79 Å². The molecule has 0 unspecified atom stereocenters. The molecular formula is C19H16Br2N2O2. The molecule has 128 valence electrons. The van der Waals surface area contributed by atoms with Crippen LogP contribution in [0, 0.1) is 25.2 Å². The van der Waals surface area contributed by atoms with Gasteiger partial charge < -0.3 is 10.1 Å². The summed E-state index contributed by atoms with van der Waals surface area (Å²) in [5, 5.41) is 12.2. The number of carbonyl (C=O) groups excluding carboxylic acids is 1. The van der Waals surface area contributed by atoms with E-state index in [0.717, 1.165) is 20.1 Å². The van der Waals surface area contributed by atoms with Gasteiger partial charge in [-0.2, -0.15) is 5.26 Å². The van der Waals surface area contributed by atoms with Crippen LogP contribution in [0.3, 0.4) is 0 Å². The fourth-order valence-corrected chi connectivity index (χ4v) is 3.77. The first-order valence-corrected chi connectivity index (χ1v) is 8.97. The van der Waals surface area contributed by atoms with E-state index in [4.69, 9.17) is 4.74 Å². The lowest BCUT2D eigenvalue weighted by Gasteiger charge is -2.10. The lowest BCUT2D eigenvalue weighted by molar-refractivity contribution is -0.112. The number of methoxy groups -OCH3 is 1. The normalized spacial score (nSPS) is 11.0. The van der Waals surface area contributed by atoms with Gasteiger partial charge in [-0.05, 0) is 59.6 Å². The SMILES string of the molecule is COc1c(Br)cc(Br)cc1/C=C(\C#N)C(=O)Nc1ccc(C)cc1C. The number of nitrogens with one attached hydrogen (secondary N) is 1. The highest BCUT2D eigenvalue weighted by Gasteiger charge is 2.14. The Bertz CT molecular complexity index is 899. The van der Waals surface area contributed by atoms with E-state index < -0.39 is 5.91 Å². The molecule has 0 spiro atoms. The maximum atomic E-state index is 12.5. The van der Waals surface area contributed by atoms with Crippen LogP contribution in [0.25, 0.3) is 6.08 Å². The van der Waals surface area contributed by atoms with Gasteiger partial charge in [0.1, 0.15) is 17.4 Å². The Labute approximate surface area is 163 Å². The van der Waals surface area contributed by atoms with Crippen LogP contribution in [0.15, 0.2) is 44.9 Å². The van der Waals surface area contributed by atoms with Crippen molar-refractivity contribution in [3.63, 3.8) is 0 Å². The van der Waals surface area contributed by atoms with Gasteiger partial charge >= 0.3 is 0 Å². The summed E-state index contributed by atoms with van der Waals surface area (Å²) in [7, 11) is 1.53. The van der Waals surface area contributed by atoms with E-state index in [-0.39, 0.29) is 5.57 Å². The Morgan fingerprint density at radius 2 is 1.96 bits per heavy atom. The van der Waals surface area contributed by atoms with Gasteiger partial charge in [0, 0.05) is 15.7 Å². The fraction of sp³-hybridized carbons (Fsp3) is 0.158. The first kappa shape index (κ1) is 19.2. The third-order valence-corrected chi connectivity index (χ3v) is 4.58. The lowest BCUT2D eigenvalue weighted by Crippen LogP contribution is -2.14. The Kier molecular flexibility index (Phi) is 6.40. The molecule has 1 amide bonds. The van der Waals surface area contributed by atoms with Crippen molar-refractivity contribution in [3.8, 4) is 11.8 Å². The lowest BCUT2D eigenvalue weighted by atomic mass is 10.1. The van der Waals surface area contributed by atoms with E-state index in [1.807, 2.05) is 44.2 Å². The van der Waals surface area contributed by atoms with E-state index in [0.29, 0.717) is 17.0 Å². The van der Waals surface area contributed by atoms with E-state index in [1.54, 1.807) is 6.07 Å². The largest absolute Gasteiger partial charge is 0.495 e. The minimum atomic E-state index is -0.465. The van der Waals surface area contributed by atoms with Crippen molar-refractivity contribution < 1.29 is 9.53 Å². The zero-order valence-electron chi connectivity index (χ0n) is 14.0. The standard InChI is InChI=1S/C19H16Br2N2O2/c1-11-4-5-17(12(2)6-11)23-19(24)14(10-22)7-13-8-15(20)9-16(21)18(13)25-3/h4-9H,1-3H3,(H,23,24)/b14-7+. The molecule has 0 bridgehead atoms. The number of hydrogen-bond acceptors (Lipinski definition) is 3. The number of nitrogens with zero attached hydrogens (tertiary/aromatic N) is 1. The van der Waals surface area contributed by atoms with Gasteiger partial charge in [0.2, 0.25) is 0 Å². The summed E-state index contributed by atoms with van der Waals surface area (Å²) in [6.07, 6.45) is 1.51. The zero-order chi connectivity index (χ0) is 18.6. The van der Waals surface area contributed by atoms with Crippen LogP contribution < -0.4 is 10.1 Å². The molecule has 25 heavy (non-hydrogen) atoms. The second kappa shape index (κ2) is 8.32. The number of ether oxygens (including phenoxy) is 1. The topological polar surface area (TPSA) is 62.1 Å². The number of aryl methyl sites for hydroxylation is 2. The monoisotopic (exact) mass is 462 g/mol. The number of rotatable bonds is 4. The maximum absolute atomic E-state index is 12.5. The molecule has 0 saturated carbocycles. The highest BCUT2D eigenvalue weighted by atomic mass is 79.9. The predicted molar refractivity (Wildman–Crippen MR) is 107 cm³/mol. The number of carbonyl (C=O) groups is 1. The van der Waals surface area contributed by atoms with Crippen molar-refractivity contribution in [1.29, 1.82) is 5.26 Å². The van der Waals surface area contributed by atoms with Crippen molar-refractivity contribution in [2.75, 3.05) is 12.4 Å². The number of anilines is 1. The van der Waals surface area contributed by atoms with Crippen molar-refractivity contribution in [1.82, 2.24) is 0 Å². The van der Waals surface area contributed by atoms with Crippen LogP contribution >= 0.6 is 31.9 Å². The summed E-state index contributed by atoms with van der Waals surface area (Å²) in [5.41, 5.74) is 3.34. The highest BCUT2D eigenvalue weighted by Crippen LogP contribution is 2.34. The minimum Gasteiger partial charge on any atom is -0.495 e. The average molecular weight is 464 g/mol. The zero-order valence-corrected chi connectivity index (χ0v) is 17.2. The van der Waals surface area contributed by atoms with E-state index >= 15 is 0 Å². The number of halogens is 2. The van der Waals surface area contributed by atoms with Gasteiger partial charge in [0.05, 0.1) is 11.6 Å². The Hall–Kier alpha value is -2.10.